The van der Waals surface area contributed by atoms with Gasteiger partial charge < -0.3 is 5.11 Å². The van der Waals surface area contributed by atoms with Crippen LogP contribution in [0.5, 0.6) is 5.75 Å². The zero-order chi connectivity index (χ0) is 64.8. The van der Waals surface area contributed by atoms with Crippen molar-refractivity contribution in [1.29, 1.82) is 0 Å². The minimum Gasteiger partial charge on any atom is -0.507 e. The van der Waals surface area contributed by atoms with Gasteiger partial charge in [0.2, 0.25) is 0 Å². The molecule has 0 saturated carbocycles. The molecule has 0 aliphatic carbocycles. The van der Waals surface area contributed by atoms with Gasteiger partial charge in [0.15, 0.2) is 0 Å². The number of hydrogen-bond donors (Lipinski definition) is 1. The maximum absolute atomic E-state index is 12.8. The molecule has 0 amide bonds. The first-order valence-electron chi connectivity index (χ1n) is 32.9. The van der Waals surface area contributed by atoms with Crippen LogP contribution < -0.4 is 0 Å². The van der Waals surface area contributed by atoms with Gasteiger partial charge in [0, 0.05) is 55.0 Å². The molecule has 0 saturated heterocycles. The number of nitrogens with zero attached hydrogens (tertiary/aromatic N) is 3. The summed E-state index contributed by atoms with van der Waals surface area (Å²) in [5, 5.41) is 12.8. The monoisotopic (exact) mass is 1200 g/mol. The molecule has 8 aromatic rings. The summed E-state index contributed by atoms with van der Waals surface area (Å²) in [6.07, 6.45) is 5.20. The zero-order valence-electron chi connectivity index (χ0n) is 59.5. The number of pyridine rings is 1. The normalized spacial score (nSPS) is 15.8. The van der Waals surface area contributed by atoms with Crippen molar-refractivity contribution in [2.45, 2.75) is 189 Å². The van der Waals surface area contributed by atoms with Crippen LogP contribution in [-0.4, -0.2) is 19.6 Å². The third-order valence-corrected chi connectivity index (χ3v) is 16.4. The van der Waals surface area contributed by atoms with Crippen LogP contribution in [0, 0.1) is 12.9 Å². The van der Waals surface area contributed by atoms with Gasteiger partial charge in [-0.2, -0.15) is 0 Å². The van der Waals surface area contributed by atoms with E-state index >= 15 is 0 Å². The van der Waals surface area contributed by atoms with Crippen LogP contribution in [0.1, 0.15) is 205 Å². The van der Waals surface area contributed by atoms with E-state index in [1.165, 1.54) is 35.4 Å². The van der Waals surface area contributed by atoms with Crippen LogP contribution >= 0.6 is 0 Å². The number of phenols is 1. The van der Waals surface area contributed by atoms with E-state index in [1.54, 1.807) is 12.3 Å². The van der Waals surface area contributed by atoms with Crippen LogP contribution in [0.15, 0.2) is 121 Å². The van der Waals surface area contributed by atoms with E-state index in [-0.39, 0.29) is 54.2 Å². The summed E-state index contributed by atoms with van der Waals surface area (Å²) in [5.41, 5.74) is 7.63. The smallest absolute Gasteiger partial charge is 0.148 e. The SMILES string of the molecule is [2H]C([2H])([2H])c1cc(-c2c(C(C)(CC)CC)cccc2C(C)(CC)CC)ccc1-n1c(-c2cc(C(C)(C)C)cc(C(C)(C)C)c2O)nc2c(-c3[c-]c(-c4cc(-c5ccc(C(C([2H])([2H])[2H])(C([2H])([2H])[2H])C([2H])([2H])[2H])cc5)ccn4)cc(C(C)(C)C)c3)cccc21.[Pt]. The van der Waals surface area contributed by atoms with Crippen molar-refractivity contribution in [3.8, 4) is 67.5 Å². The maximum atomic E-state index is 12.8. The molecule has 0 aliphatic rings. The number of benzene rings is 6. The number of aryl methyl sites for hydroxylation is 1. The fourth-order valence-electron chi connectivity index (χ4n) is 10.5. The Labute approximate surface area is 489 Å². The first-order chi connectivity index (χ1) is 40.0. The van der Waals surface area contributed by atoms with Crippen molar-refractivity contribution >= 4 is 11.0 Å². The Morgan fingerprint density at radius 3 is 1.68 bits per heavy atom. The molecule has 76 heavy (non-hydrogen) atoms. The van der Waals surface area contributed by atoms with Crippen molar-refractivity contribution in [1.82, 2.24) is 14.5 Å². The number of fused-ring (bicyclic) bond motifs is 1. The zero-order valence-corrected chi connectivity index (χ0v) is 49.8. The van der Waals surface area contributed by atoms with E-state index in [0.717, 1.165) is 53.5 Å². The van der Waals surface area contributed by atoms with E-state index in [1.807, 2.05) is 53.1 Å². The molecule has 2 heterocycles. The number of phenolic OH excluding ortho intramolecular Hbond substituents is 1. The summed E-state index contributed by atoms with van der Waals surface area (Å²) in [4.78, 5) is 10.4. The number of para-hydroxylation sites is 1. The van der Waals surface area contributed by atoms with Crippen LogP contribution in [0.4, 0.5) is 0 Å². The first kappa shape index (κ1) is 43.4. The summed E-state index contributed by atoms with van der Waals surface area (Å²) >= 11 is 0. The van der Waals surface area contributed by atoms with Gasteiger partial charge in [0.1, 0.15) is 11.6 Å². The van der Waals surface area contributed by atoms with E-state index in [4.69, 9.17) is 22.3 Å². The Bertz CT molecular complexity index is 3790. The van der Waals surface area contributed by atoms with Crippen molar-refractivity contribution in [2.24, 2.45) is 0 Å². The molecule has 4 nitrogen and oxygen atoms in total. The summed E-state index contributed by atoms with van der Waals surface area (Å²) in [7, 11) is 0. The average molecular weight is 1200 g/mol. The van der Waals surface area contributed by atoms with E-state index in [9.17, 15) is 9.22 Å². The number of aromatic nitrogens is 3. The number of hydrogen-bond acceptors (Lipinski definition) is 3. The Balaban J connectivity index is 0.0000110. The molecular formula is C71H86N3OPt-. The molecule has 0 fully saturated rings. The number of rotatable bonds is 12. The average Bonchev–Trinajstić information content (AvgIpc) is 1.02. The molecular weight excluding hydrogens is 1110 g/mol. The predicted molar refractivity (Wildman–Crippen MR) is 322 cm³/mol. The van der Waals surface area contributed by atoms with Crippen molar-refractivity contribution in [3.05, 3.63) is 166 Å². The molecule has 0 bridgehead atoms. The molecule has 0 spiro atoms. The summed E-state index contributed by atoms with van der Waals surface area (Å²) in [6, 6.07) is 39.4. The van der Waals surface area contributed by atoms with Crippen LogP contribution in [0.3, 0.4) is 0 Å². The molecule has 2 aromatic heterocycles. The van der Waals surface area contributed by atoms with Gasteiger partial charge in [-0.1, -0.05) is 208 Å². The Morgan fingerprint density at radius 1 is 0.539 bits per heavy atom. The van der Waals surface area contributed by atoms with Crippen molar-refractivity contribution in [3.63, 3.8) is 0 Å². The summed E-state index contributed by atoms with van der Waals surface area (Å²) in [5.74, 6) is 0.410. The second-order valence-electron chi connectivity index (χ2n) is 24.6. The second kappa shape index (κ2) is 21.3. The van der Waals surface area contributed by atoms with Gasteiger partial charge in [0.05, 0.1) is 22.3 Å². The molecule has 0 atom stereocenters. The number of imidazole rings is 1. The fraction of sp³-hybridized carbons (Fsp3) is 0.408. The third-order valence-electron chi connectivity index (χ3n) is 16.4. The van der Waals surface area contributed by atoms with Crippen LogP contribution in [0.2, 0.25) is 0 Å². The quantitative estimate of drug-likeness (QED) is 0.124. The van der Waals surface area contributed by atoms with E-state index in [2.05, 4.69) is 146 Å². The first-order valence-corrected chi connectivity index (χ1v) is 26.9. The van der Waals surface area contributed by atoms with Gasteiger partial charge in [-0.3, -0.25) is 9.55 Å². The van der Waals surface area contributed by atoms with Gasteiger partial charge >= 0.3 is 0 Å². The second-order valence-corrected chi connectivity index (χ2v) is 24.6. The molecule has 0 radical (unpaired) electrons. The summed E-state index contributed by atoms with van der Waals surface area (Å²) in [6.45, 7) is 19.6. The van der Waals surface area contributed by atoms with Crippen molar-refractivity contribution < 1.29 is 42.6 Å². The van der Waals surface area contributed by atoms with Gasteiger partial charge in [-0.05, 0) is 145 Å². The molecule has 6 aromatic carbocycles. The molecule has 5 heteroatoms. The number of aromatic hydroxyl groups is 1. The van der Waals surface area contributed by atoms with Crippen LogP contribution in [-0.2, 0) is 53.6 Å². The standard InChI is InChI=1S/C71H86N3O.Pt/c1-20-70(18,21-2)56-27-25-28-57(71(19,22-3)23-4)62(56)48-32-35-60(45(5)38-48)74-61-29-24-26-54(63(61)73-65(74)55-43-53(68(12,13)14)44-58(64(55)75)69(15,16)17)49-39-50(41-52(40-49)67(9,10)11)59-42-47(36-37-72-59)46-30-33-51(34-31-46)66(6,7)8;/h24-38,40-44,75H,20-23H2,1-19H3;/q-1;/i5D3,6D3,7D3,8D3;. The topological polar surface area (TPSA) is 50.9 Å². The van der Waals surface area contributed by atoms with Gasteiger partial charge in [-0.15, -0.1) is 29.3 Å². The Morgan fingerprint density at radius 2 is 1.12 bits per heavy atom. The molecule has 402 valence electrons. The minimum absolute atomic E-state index is 0. The van der Waals surface area contributed by atoms with E-state index in [0.29, 0.717) is 61.6 Å². The Kier molecular flexibility index (Phi) is 12.2. The van der Waals surface area contributed by atoms with Crippen molar-refractivity contribution in [2.75, 3.05) is 0 Å². The molecule has 1 N–H and O–H groups in total. The third kappa shape index (κ3) is 11.1. The molecule has 8 rings (SSSR count). The largest absolute Gasteiger partial charge is 0.507 e. The fourth-order valence-corrected chi connectivity index (χ4v) is 10.5. The van der Waals surface area contributed by atoms with Gasteiger partial charge in [0.25, 0.3) is 0 Å². The van der Waals surface area contributed by atoms with Crippen LogP contribution in [0.25, 0.3) is 72.7 Å². The minimum atomic E-state index is -3.40. The van der Waals surface area contributed by atoms with E-state index < -0.39 is 43.7 Å². The predicted octanol–water partition coefficient (Wildman–Crippen LogP) is 19.9. The molecule has 0 aliphatic heterocycles. The summed E-state index contributed by atoms with van der Waals surface area (Å²) < 4.78 is 105. The maximum Gasteiger partial charge on any atom is 0.148 e. The van der Waals surface area contributed by atoms with Gasteiger partial charge in [-0.25, -0.2) is 4.98 Å². The molecule has 0 unspecified atom stereocenters. The Hall–Kier alpha value is -5.57.